The van der Waals surface area contributed by atoms with E-state index >= 15 is 0 Å². The lowest BCUT2D eigenvalue weighted by molar-refractivity contribution is -0.663. The number of fused-ring (bicyclic) bond motifs is 25. The minimum Gasteiger partial charge on any atom is -0.452 e. The molecule has 0 N–H and O–H groups in total. The maximum Gasteiger partial charge on any atom is 0.331 e. The Morgan fingerprint density at radius 2 is 0.638 bits per heavy atom. The van der Waals surface area contributed by atoms with Crippen LogP contribution in [0.1, 0.15) is 61.2 Å². The second kappa shape index (κ2) is 34.6. The van der Waals surface area contributed by atoms with Crippen molar-refractivity contribution < 1.29 is 49.3 Å². The van der Waals surface area contributed by atoms with Crippen LogP contribution >= 0.6 is 45.3 Å². The second-order valence-electron chi connectivity index (χ2n) is 37.2. The average molecular weight is 1920 g/mol. The third-order valence-electron chi connectivity index (χ3n) is 27.9. The Bertz CT molecular complexity index is 9790. The van der Waals surface area contributed by atoms with Gasteiger partial charge in [-0.25, -0.2) is 22.8 Å². The first-order valence-electron chi connectivity index (χ1n) is 47.3. The molecule has 15 aromatic heterocycles. The predicted octanol–water partition coefficient (Wildman–Crippen LogP) is 30.5. The minimum absolute atomic E-state index is 0.580. The molecule has 15 heterocycles. The molecule has 0 unspecified atom stereocenters. The Kier molecular flexibility index (Phi) is 21.5. The van der Waals surface area contributed by atoms with Crippen LogP contribution in [0.15, 0.2) is 337 Å². The van der Waals surface area contributed by atoms with Gasteiger partial charge in [0.2, 0.25) is 0 Å². The monoisotopic (exact) mass is 1920 g/mol. The lowest BCUT2D eigenvalue weighted by atomic mass is 10.0. The highest BCUT2D eigenvalue weighted by Gasteiger charge is 2.34. The van der Waals surface area contributed by atoms with Crippen molar-refractivity contribution in [3.05, 3.63) is 372 Å². The number of para-hydroxylation sites is 6. The summed E-state index contributed by atoms with van der Waals surface area (Å²) in [5.74, 6) is 6.49. The molecule has 0 atom stereocenters. The number of benzene rings is 13. The van der Waals surface area contributed by atoms with Crippen LogP contribution in [0.4, 0.5) is 0 Å². The normalized spacial score (nSPS) is 11.8. The predicted molar refractivity (Wildman–Crippen MR) is 579 cm³/mol. The molecule has 0 saturated carbocycles. The van der Waals surface area contributed by atoms with Gasteiger partial charge in [-0.3, -0.25) is 0 Å². The van der Waals surface area contributed by atoms with E-state index in [2.05, 4.69) is 376 Å². The summed E-state index contributed by atoms with van der Waals surface area (Å²) >= 11 is 7.59. The molecule has 0 radical (unpaired) electrons. The van der Waals surface area contributed by atoms with Crippen LogP contribution in [0.2, 0.25) is 0 Å². The van der Waals surface area contributed by atoms with Crippen molar-refractivity contribution in [2.75, 3.05) is 0 Å². The SMILES string of the molecule is Cc1cc2c(cc1-c1n(-c3c(C)cccc3C)cc[n+]1C)oc1oc3ccccc3c12.Cc1cc2c(cc1-c1nccc[n+]1C)sc1c3ccccc3sc21.Cc1ccc2c(sc3c4ccccc4sc23)c1-c1nccc[n+]1C.Cc1cccc(C)c1-n1cc[n+](C)c1-c1c(C)ccc2c1oc1c3ccccc3oc21.Cc1cccc(C)c1-n1cc[n+](C)c1-c1c(C)ccc2c1oc1oc3ccccc3c12. The molecule has 0 fully saturated rings. The number of hydrogen-bond acceptors (Lipinski definition) is 12. The Labute approximate surface area is 827 Å². The first kappa shape index (κ1) is 87.8. The largest absolute Gasteiger partial charge is 0.452 e. The molecule has 0 amide bonds. The highest BCUT2D eigenvalue weighted by Crippen LogP contribution is 2.51. The van der Waals surface area contributed by atoms with Gasteiger partial charge >= 0.3 is 11.6 Å². The summed E-state index contributed by atoms with van der Waals surface area (Å²) < 4.78 is 65.9. The Hall–Kier alpha value is -16.0. The highest BCUT2D eigenvalue weighted by molar-refractivity contribution is 7.37. The maximum atomic E-state index is 6.53. The van der Waals surface area contributed by atoms with Crippen molar-refractivity contribution in [1.29, 1.82) is 0 Å². The fraction of sp³-hybridized carbons (Fsp3) is 0.132. The van der Waals surface area contributed by atoms with Gasteiger partial charge in [0, 0.05) is 69.3 Å². The molecule has 141 heavy (non-hydrogen) atoms. The number of furan rings is 6. The van der Waals surface area contributed by atoms with Gasteiger partial charge in [-0.1, -0.05) is 170 Å². The van der Waals surface area contributed by atoms with E-state index in [1.54, 1.807) is 0 Å². The van der Waals surface area contributed by atoms with E-state index in [0.29, 0.717) is 11.6 Å². The van der Waals surface area contributed by atoms with E-state index < -0.39 is 0 Å². The minimum atomic E-state index is 0.580. The van der Waals surface area contributed by atoms with Gasteiger partial charge in [-0.15, -0.1) is 45.3 Å². The number of rotatable bonds is 8. The molecule has 688 valence electrons. The van der Waals surface area contributed by atoms with Crippen LogP contribution in [0.5, 0.6) is 0 Å². The number of aryl methyl sites for hydroxylation is 16. The Morgan fingerprint density at radius 1 is 0.241 bits per heavy atom. The second-order valence-corrected chi connectivity index (χ2v) is 41.3. The van der Waals surface area contributed by atoms with E-state index in [4.69, 9.17) is 26.5 Å². The first-order chi connectivity index (χ1) is 68.6. The summed E-state index contributed by atoms with van der Waals surface area (Å²) in [6.07, 6.45) is 20.5. The zero-order valence-corrected chi connectivity index (χ0v) is 84.3. The van der Waals surface area contributed by atoms with E-state index in [9.17, 15) is 0 Å². The summed E-state index contributed by atoms with van der Waals surface area (Å²) in [7, 11) is 10.4. The molecule has 28 rings (SSSR count). The summed E-state index contributed by atoms with van der Waals surface area (Å²) in [6.45, 7) is 23.8. The van der Waals surface area contributed by atoms with Crippen LogP contribution < -0.4 is 22.8 Å². The van der Waals surface area contributed by atoms with Crippen LogP contribution in [-0.2, 0) is 35.2 Å². The van der Waals surface area contributed by atoms with Gasteiger partial charge in [0.1, 0.15) is 100 Å². The first-order valence-corrected chi connectivity index (χ1v) is 50.6. The van der Waals surface area contributed by atoms with E-state index in [1.807, 2.05) is 138 Å². The number of thiophene rings is 4. The molecule has 0 aliphatic rings. The fourth-order valence-electron chi connectivity index (χ4n) is 21.1. The topological polar surface area (TPSA) is 139 Å². The zero-order chi connectivity index (χ0) is 96.3. The van der Waals surface area contributed by atoms with Gasteiger partial charge < -0.3 is 26.5 Å². The third-order valence-corrected chi connectivity index (χ3v) is 33.0. The summed E-state index contributed by atoms with van der Waals surface area (Å²) in [5, 5.41) is 13.9. The molecule has 0 aliphatic heterocycles. The molecule has 28 aromatic rings. The summed E-state index contributed by atoms with van der Waals surface area (Å²) in [4.78, 5) is 9.23. The average Bonchev–Trinajstić information content (AvgIpc) is 1.57. The molecule has 0 saturated heterocycles. The van der Waals surface area contributed by atoms with E-state index in [0.717, 1.165) is 145 Å². The van der Waals surface area contributed by atoms with Gasteiger partial charge in [-0.2, -0.15) is 13.7 Å². The molecule has 0 bridgehead atoms. The van der Waals surface area contributed by atoms with Crippen molar-refractivity contribution in [2.45, 2.75) is 76.2 Å². The molecule has 0 spiro atoms. The third kappa shape index (κ3) is 14.5. The molecule has 16 nitrogen and oxygen atoms in total. The van der Waals surface area contributed by atoms with E-state index in [1.165, 1.54) is 137 Å². The highest BCUT2D eigenvalue weighted by atomic mass is 32.1. The quantitative estimate of drug-likeness (QED) is 0.137. The van der Waals surface area contributed by atoms with Crippen molar-refractivity contribution in [1.82, 2.24) is 23.7 Å². The van der Waals surface area contributed by atoms with Crippen molar-refractivity contribution in [3.63, 3.8) is 0 Å². The lowest BCUT2D eigenvalue weighted by Gasteiger charge is -2.10. The molecular formula is C121H99N10O6S4+5. The number of nitrogens with zero attached hydrogens (tertiary/aromatic N) is 10. The lowest BCUT2D eigenvalue weighted by Crippen LogP contribution is -2.31. The van der Waals surface area contributed by atoms with Crippen molar-refractivity contribution in [3.8, 4) is 74.0 Å². The molecular weight excluding hydrogens is 1820 g/mol. The number of aromatic nitrogens is 10. The number of imidazole rings is 3. The van der Waals surface area contributed by atoms with E-state index in [-0.39, 0.29) is 0 Å². The smallest absolute Gasteiger partial charge is 0.331 e. The molecule has 13 aromatic carbocycles. The standard InChI is InChI=1S/3C27H23N2O2.2C20H15N2S2/c1-16-8-7-9-17(2)25(16)29-13-12-28(4)26(29)20-15-23-21(14-18(20)3)24-19-10-5-6-11-22(19)30-27(24)31-23;1-16-12-13-20-23-19-10-5-6-11-21(19)30-27(23)31-25(20)22(16)26-28(4)14-15-29(26)24-17(2)8-7-9-18(24)3;1-16-12-13-20-24(31-25-19-10-5-6-11-21(19)30-26(20)25)22(16)27-28(4)14-15-29(27)23-17(2)8-7-9-18(23)3;1-12-8-9-14-17(16(12)20-21-10-5-11-22(20)2)24-18-13-6-3-4-7-15(13)23-19(14)18;1-12-10-15-17(11-14(12)20-21-8-5-9-22(20)2)24-18-13-6-3-4-7-16(13)23-19(15)18/h3*5-15H,1-4H3;2*3-11H,1-2H3/q5*+1. The van der Waals surface area contributed by atoms with Gasteiger partial charge in [-0.05, 0) is 214 Å². The molecule has 20 heteroatoms. The fourth-order valence-corrected chi connectivity index (χ4v) is 26.6. The van der Waals surface area contributed by atoms with Crippen LogP contribution in [0.25, 0.3) is 232 Å². The summed E-state index contributed by atoms with van der Waals surface area (Å²) in [6, 6.07) is 86.9. The van der Waals surface area contributed by atoms with Crippen molar-refractivity contribution in [2.24, 2.45) is 35.2 Å². The number of hydrogen-bond donors (Lipinski definition) is 0. The van der Waals surface area contributed by atoms with Crippen LogP contribution in [0.3, 0.4) is 0 Å². The van der Waals surface area contributed by atoms with Crippen molar-refractivity contribution >= 4 is 204 Å². The van der Waals surface area contributed by atoms with Gasteiger partial charge in [0.25, 0.3) is 29.0 Å². The zero-order valence-electron chi connectivity index (χ0n) is 81.0. The van der Waals surface area contributed by atoms with Crippen LogP contribution in [-0.4, -0.2) is 23.7 Å². The maximum absolute atomic E-state index is 6.53. The molecule has 0 aliphatic carbocycles. The summed E-state index contributed by atoms with van der Waals surface area (Å²) in [5.41, 5.74) is 29.7. The van der Waals surface area contributed by atoms with Gasteiger partial charge in [0.15, 0.2) is 22.3 Å². The van der Waals surface area contributed by atoms with Crippen LogP contribution in [0, 0.1) is 76.2 Å². The Balaban J connectivity index is 0.0000000958. The Morgan fingerprint density at radius 3 is 1.18 bits per heavy atom. The van der Waals surface area contributed by atoms with Gasteiger partial charge in [0.05, 0.1) is 109 Å².